The molecule has 4 heteroatoms. The van der Waals surface area contributed by atoms with E-state index >= 15 is 0 Å². The lowest BCUT2D eigenvalue weighted by molar-refractivity contribution is 0.187. The Morgan fingerprint density at radius 1 is 1.44 bits per heavy atom. The van der Waals surface area contributed by atoms with E-state index in [4.69, 9.17) is 5.11 Å². The number of urea groups is 1. The van der Waals surface area contributed by atoms with Crippen molar-refractivity contribution < 1.29 is 9.90 Å². The number of carbonyl (C=O) groups is 1. The number of aliphatic hydroxyl groups excluding tert-OH is 1. The third-order valence-corrected chi connectivity index (χ3v) is 2.12. The van der Waals surface area contributed by atoms with Crippen LogP contribution in [-0.4, -0.2) is 23.3 Å². The van der Waals surface area contributed by atoms with E-state index in [1.165, 1.54) is 0 Å². The number of nitrogens with one attached hydrogen (secondary N) is 2. The standard InChI is InChI=1S/C12H18N2O2/c1-9-5-4-6-10(7-9)13-11(16)14-12(2,3)8-15/h4-7,15H,8H2,1-3H3,(H2,13,14,16). The van der Waals surface area contributed by atoms with E-state index < -0.39 is 5.54 Å². The first-order chi connectivity index (χ1) is 7.43. The zero-order chi connectivity index (χ0) is 12.2. The van der Waals surface area contributed by atoms with Crippen LogP contribution >= 0.6 is 0 Å². The minimum absolute atomic E-state index is 0.103. The molecule has 4 nitrogen and oxygen atoms in total. The van der Waals surface area contributed by atoms with Crippen molar-refractivity contribution in [2.24, 2.45) is 0 Å². The number of carbonyl (C=O) groups excluding carboxylic acids is 1. The van der Waals surface area contributed by atoms with Gasteiger partial charge in [0.15, 0.2) is 0 Å². The van der Waals surface area contributed by atoms with Gasteiger partial charge in [-0.3, -0.25) is 0 Å². The van der Waals surface area contributed by atoms with Crippen LogP contribution in [-0.2, 0) is 0 Å². The highest BCUT2D eigenvalue weighted by Gasteiger charge is 2.18. The molecule has 0 saturated heterocycles. The molecule has 0 atom stereocenters. The number of amides is 2. The predicted molar refractivity (Wildman–Crippen MR) is 64.5 cm³/mol. The third kappa shape index (κ3) is 3.90. The van der Waals surface area contributed by atoms with E-state index in [0.29, 0.717) is 0 Å². The van der Waals surface area contributed by atoms with Gasteiger partial charge in [0, 0.05) is 5.69 Å². The lowest BCUT2D eigenvalue weighted by atomic mass is 10.1. The molecular formula is C12H18N2O2. The molecule has 0 unspecified atom stereocenters. The van der Waals surface area contributed by atoms with E-state index in [-0.39, 0.29) is 12.6 Å². The first kappa shape index (κ1) is 12.5. The SMILES string of the molecule is Cc1cccc(NC(=O)NC(C)(C)CO)c1. The minimum atomic E-state index is -0.617. The van der Waals surface area contributed by atoms with Crippen LogP contribution in [0.1, 0.15) is 19.4 Å². The molecule has 0 saturated carbocycles. The van der Waals surface area contributed by atoms with Crippen molar-refractivity contribution in [2.75, 3.05) is 11.9 Å². The van der Waals surface area contributed by atoms with Gasteiger partial charge >= 0.3 is 6.03 Å². The maximum absolute atomic E-state index is 11.6. The Balaban J connectivity index is 2.59. The van der Waals surface area contributed by atoms with Crippen LogP contribution in [0, 0.1) is 6.92 Å². The van der Waals surface area contributed by atoms with Crippen LogP contribution in [0.15, 0.2) is 24.3 Å². The average Bonchev–Trinajstić information content (AvgIpc) is 2.16. The first-order valence-corrected chi connectivity index (χ1v) is 5.20. The van der Waals surface area contributed by atoms with Crippen LogP contribution < -0.4 is 10.6 Å². The van der Waals surface area contributed by atoms with Gasteiger partial charge < -0.3 is 15.7 Å². The van der Waals surface area contributed by atoms with Gasteiger partial charge in [-0.25, -0.2) is 4.79 Å². The molecule has 1 aromatic carbocycles. The Labute approximate surface area is 95.7 Å². The highest BCUT2D eigenvalue weighted by molar-refractivity contribution is 5.89. The molecule has 0 heterocycles. The Kier molecular flexibility index (Phi) is 3.90. The molecule has 0 aromatic heterocycles. The lowest BCUT2D eigenvalue weighted by Gasteiger charge is -2.23. The normalized spacial score (nSPS) is 11.0. The van der Waals surface area contributed by atoms with Crippen molar-refractivity contribution in [3.63, 3.8) is 0 Å². The summed E-state index contributed by atoms with van der Waals surface area (Å²) in [6.45, 7) is 5.36. The topological polar surface area (TPSA) is 61.4 Å². The van der Waals surface area contributed by atoms with Crippen molar-refractivity contribution in [1.29, 1.82) is 0 Å². The van der Waals surface area contributed by atoms with E-state index in [1.54, 1.807) is 13.8 Å². The molecule has 88 valence electrons. The van der Waals surface area contributed by atoms with Crippen molar-refractivity contribution in [3.05, 3.63) is 29.8 Å². The molecule has 0 aliphatic rings. The Bertz CT molecular complexity index is 375. The van der Waals surface area contributed by atoms with Crippen LogP contribution in [0.25, 0.3) is 0 Å². The van der Waals surface area contributed by atoms with E-state index in [9.17, 15) is 4.79 Å². The summed E-state index contributed by atoms with van der Waals surface area (Å²) in [4.78, 5) is 11.6. The number of hydrogen-bond donors (Lipinski definition) is 3. The van der Waals surface area contributed by atoms with Crippen molar-refractivity contribution in [2.45, 2.75) is 26.3 Å². The quantitative estimate of drug-likeness (QED) is 0.731. The zero-order valence-electron chi connectivity index (χ0n) is 9.87. The van der Waals surface area contributed by atoms with Gasteiger partial charge in [0.25, 0.3) is 0 Å². The summed E-state index contributed by atoms with van der Waals surface area (Å²) >= 11 is 0. The minimum Gasteiger partial charge on any atom is -0.394 e. The summed E-state index contributed by atoms with van der Waals surface area (Å²) in [6.07, 6.45) is 0. The maximum atomic E-state index is 11.6. The second kappa shape index (κ2) is 4.99. The average molecular weight is 222 g/mol. The molecule has 2 amide bonds. The Morgan fingerprint density at radius 3 is 2.69 bits per heavy atom. The molecule has 0 aliphatic heterocycles. The van der Waals surface area contributed by atoms with Gasteiger partial charge in [0.05, 0.1) is 12.1 Å². The van der Waals surface area contributed by atoms with Crippen molar-refractivity contribution in [1.82, 2.24) is 5.32 Å². The molecule has 0 spiro atoms. The molecule has 0 bridgehead atoms. The van der Waals surface area contributed by atoms with Crippen LogP contribution in [0.5, 0.6) is 0 Å². The molecule has 0 radical (unpaired) electrons. The van der Waals surface area contributed by atoms with Gasteiger partial charge in [-0.15, -0.1) is 0 Å². The molecular weight excluding hydrogens is 204 g/mol. The zero-order valence-corrected chi connectivity index (χ0v) is 9.87. The number of hydrogen-bond acceptors (Lipinski definition) is 2. The predicted octanol–water partition coefficient (Wildman–Crippen LogP) is 1.89. The summed E-state index contributed by atoms with van der Waals surface area (Å²) in [5.74, 6) is 0. The number of aryl methyl sites for hydroxylation is 1. The molecule has 3 N–H and O–H groups in total. The second-order valence-corrected chi connectivity index (χ2v) is 4.49. The molecule has 16 heavy (non-hydrogen) atoms. The van der Waals surface area contributed by atoms with Crippen LogP contribution in [0.4, 0.5) is 10.5 Å². The fraction of sp³-hybridized carbons (Fsp3) is 0.417. The summed E-state index contributed by atoms with van der Waals surface area (Å²) in [7, 11) is 0. The second-order valence-electron chi connectivity index (χ2n) is 4.49. The van der Waals surface area contributed by atoms with E-state index in [2.05, 4.69) is 10.6 Å². The van der Waals surface area contributed by atoms with Crippen molar-refractivity contribution in [3.8, 4) is 0 Å². The van der Waals surface area contributed by atoms with E-state index in [1.807, 2.05) is 31.2 Å². The Morgan fingerprint density at radius 2 is 2.12 bits per heavy atom. The number of anilines is 1. The van der Waals surface area contributed by atoms with E-state index in [0.717, 1.165) is 11.3 Å². The fourth-order valence-corrected chi connectivity index (χ4v) is 1.23. The summed E-state index contributed by atoms with van der Waals surface area (Å²) in [5.41, 5.74) is 1.21. The monoisotopic (exact) mass is 222 g/mol. The number of rotatable bonds is 3. The first-order valence-electron chi connectivity index (χ1n) is 5.20. The highest BCUT2D eigenvalue weighted by atomic mass is 16.3. The number of benzene rings is 1. The van der Waals surface area contributed by atoms with Gasteiger partial charge in [-0.1, -0.05) is 12.1 Å². The molecule has 0 aliphatic carbocycles. The van der Waals surface area contributed by atoms with Gasteiger partial charge in [0.1, 0.15) is 0 Å². The van der Waals surface area contributed by atoms with Gasteiger partial charge in [-0.2, -0.15) is 0 Å². The third-order valence-electron chi connectivity index (χ3n) is 2.12. The fourth-order valence-electron chi connectivity index (χ4n) is 1.23. The Hall–Kier alpha value is -1.55. The van der Waals surface area contributed by atoms with Gasteiger partial charge in [0.2, 0.25) is 0 Å². The van der Waals surface area contributed by atoms with Crippen LogP contribution in [0.2, 0.25) is 0 Å². The summed E-state index contributed by atoms with van der Waals surface area (Å²) < 4.78 is 0. The maximum Gasteiger partial charge on any atom is 0.319 e. The van der Waals surface area contributed by atoms with Crippen LogP contribution in [0.3, 0.4) is 0 Å². The number of aliphatic hydroxyl groups is 1. The van der Waals surface area contributed by atoms with Crippen molar-refractivity contribution >= 4 is 11.7 Å². The molecule has 1 rings (SSSR count). The summed E-state index contributed by atoms with van der Waals surface area (Å²) in [6, 6.07) is 7.22. The molecule has 1 aromatic rings. The smallest absolute Gasteiger partial charge is 0.319 e. The molecule has 0 fully saturated rings. The summed E-state index contributed by atoms with van der Waals surface area (Å²) in [5, 5.41) is 14.4. The lowest BCUT2D eigenvalue weighted by Crippen LogP contribution is -2.48. The largest absolute Gasteiger partial charge is 0.394 e. The van der Waals surface area contributed by atoms with Gasteiger partial charge in [-0.05, 0) is 38.5 Å². The highest BCUT2D eigenvalue weighted by Crippen LogP contribution is 2.09.